The van der Waals surface area contributed by atoms with E-state index in [1.165, 1.54) is 0 Å². The first-order chi connectivity index (χ1) is 9.58. The quantitative estimate of drug-likeness (QED) is 0.840. The maximum atomic E-state index is 10.3. The maximum Gasteiger partial charge on any atom is 0.161 e. The van der Waals surface area contributed by atoms with Crippen LogP contribution < -0.4 is 14.8 Å². The van der Waals surface area contributed by atoms with E-state index in [9.17, 15) is 5.11 Å². The Morgan fingerprint density at radius 3 is 2.50 bits per heavy atom. The largest absolute Gasteiger partial charge is 0.486 e. The SMILES string of the molecule is CCC(C)(CC)NCC(O)c1ccc2c(c1)OCCO2. The Bertz CT molecular complexity index is 443. The molecular weight excluding hydrogens is 254 g/mol. The zero-order valence-corrected chi connectivity index (χ0v) is 12.6. The standard InChI is InChI=1S/C16H25NO3/c1-4-16(3,5-2)17-11-13(18)12-6-7-14-15(10-12)20-9-8-19-14/h6-7,10,13,17-18H,4-5,8-9,11H2,1-3H3. The molecule has 4 heteroatoms. The van der Waals surface area contributed by atoms with Crippen molar-refractivity contribution in [2.75, 3.05) is 19.8 Å². The first-order valence-corrected chi connectivity index (χ1v) is 7.40. The predicted molar refractivity (Wildman–Crippen MR) is 79.4 cm³/mol. The van der Waals surface area contributed by atoms with Gasteiger partial charge < -0.3 is 19.9 Å². The van der Waals surface area contributed by atoms with Crippen molar-refractivity contribution in [3.8, 4) is 11.5 Å². The Balaban J connectivity index is 2.00. The maximum absolute atomic E-state index is 10.3. The lowest BCUT2D eigenvalue weighted by atomic mass is 9.95. The third-order valence-electron chi connectivity index (χ3n) is 4.23. The van der Waals surface area contributed by atoms with Crippen LogP contribution in [0.4, 0.5) is 0 Å². The van der Waals surface area contributed by atoms with E-state index in [0.29, 0.717) is 19.8 Å². The van der Waals surface area contributed by atoms with Crippen LogP contribution in [0.3, 0.4) is 0 Å². The smallest absolute Gasteiger partial charge is 0.161 e. The van der Waals surface area contributed by atoms with Gasteiger partial charge in [-0.15, -0.1) is 0 Å². The molecule has 0 bridgehead atoms. The monoisotopic (exact) mass is 279 g/mol. The molecule has 0 amide bonds. The molecule has 1 heterocycles. The minimum atomic E-state index is -0.539. The molecule has 1 atom stereocenters. The second kappa shape index (κ2) is 6.46. The number of ether oxygens (including phenoxy) is 2. The second-order valence-corrected chi connectivity index (χ2v) is 5.57. The molecule has 1 aromatic carbocycles. The Kier molecular flexibility index (Phi) is 4.89. The van der Waals surface area contributed by atoms with Crippen LogP contribution in [-0.2, 0) is 0 Å². The van der Waals surface area contributed by atoms with Crippen molar-refractivity contribution in [1.29, 1.82) is 0 Å². The van der Waals surface area contributed by atoms with Gasteiger partial charge in [0.1, 0.15) is 13.2 Å². The number of hydrogen-bond acceptors (Lipinski definition) is 4. The van der Waals surface area contributed by atoms with Gasteiger partial charge in [0.2, 0.25) is 0 Å². The molecule has 1 aromatic rings. The summed E-state index contributed by atoms with van der Waals surface area (Å²) in [5, 5.41) is 13.8. The third-order valence-corrected chi connectivity index (χ3v) is 4.23. The normalized spacial score (nSPS) is 16.0. The summed E-state index contributed by atoms with van der Waals surface area (Å²) < 4.78 is 11.0. The molecule has 0 fully saturated rings. The molecule has 1 aliphatic rings. The lowest BCUT2D eigenvalue weighted by molar-refractivity contribution is 0.151. The van der Waals surface area contributed by atoms with E-state index in [1.54, 1.807) is 0 Å². The zero-order valence-electron chi connectivity index (χ0n) is 12.6. The van der Waals surface area contributed by atoms with E-state index in [-0.39, 0.29) is 5.54 Å². The average molecular weight is 279 g/mol. The molecule has 112 valence electrons. The van der Waals surface area contributed by atoms with Crippen molar-refractivity contribution in [2.45, 2.75) is 45.3 Å². The van der Waals surface area contributed by atoms with Crippen molar-refractivity contribution in [1.82, 2.24) is 5.32 Å². The summed E-state index contributed by atoms with van der Waals surface area (Å²) in [6.45, 7) is 8.19. The van der Waals surface area contributed by atoms with Gasteiger partial charge in [-0.25, -0.2) is 0 Å². The van der Waals surface area contributed by atoms with E-state index in [4.69, 9.17) is 9.47 Å². The summed E-state index contributed by atoms with van der Waals surface area (Å²) in [5.74, 6) is 1.48. The fraction of sp³-hybridized carbons (Fsp3) is 0.625. The van der Waals surface area contributed by atoms with E-state index >= 15 is 0 Å². The van der Waals surface area contributed by atoms with Crippen LogP contribution in [0, 0.1) is 0 Å². The van der Waals surface area contributed by atoms with Crippen LogP contribution in [0.2, 0.25) is 0 Å². The Hall–Kier alpha value is -1.26. The van der Waals surface area contributed by atoms with Gasteiger partial charge in [0, 0.05) is 12.1 Å². The highest BCUT2D eigenvalue weighted by Crippen LogP contribution is 2.32. The molecule has 20 heavy (non-hydrogen) atoms. The molecule has 1 unspecified atom stereocenters. The van der Waals surface area contributed by atoms with Crippen molar-refractivity contribution < 1.29 is 14.6 Å². The summed E-state index contributed by atoms with van der Waals surface area (Å²) >= 11 is 0. The van der Waals surface area contributed by atoms with Crippen molar-refractivity contribution in [3.05, 3.63) is 23.8 Å². The molecule has 0 aromatic heterocycles. The number of nitrogens with one attached hydrogen (secondary N) is 1. The minimum absolute atomic E-state index is 0.0782. The fourth-order valence-corrected chi connectivity index (χ4v) is 2.23. The molecule has 0 saturated heterocycles. The topological polar surface area (TPSA) is 50.7 Å². The molecule has 0 aliphatic carbocycles. The first-order valence-electron chi connectivity index (χ1n) is 7.40. The van der Waals surface area contributed by atoms with Crippen molar-refractivity contribution in [2.24, 2.45) is 0 Å². The highest BCUT2D eigenvalue weighted by atomic mass is 16.6. The van der Waals surface area contributed by atoms with Gasteiger partial charge >= 0.3 is 0 Å². The van der Waals surface area contributed by atoms with Crippen LogP contribution >= 0.6 is 0 Å². The fourth-order valence-electron chi connectivity index (χ4n) is 2.23. The molecule has 2 rings (SSSR count). The van der Waals surface area contributed by atoms with Crippen LogP contribution in [0.5, 0.6) is 11.5 Å². The highest BCUT2D eigenvalue weighted by Gasteiger charge is 2.21. The van der Waals surface area contributed by atoms with E-state index in [1.807, 2.05) is 18.2 Å². The van der Waals surface area contributed by atoms with Gasteiger partial charge in [0.05, 0.1) is 6.10 Å². The second-order valence-electron chi connectivity index (χ2n) is 5.57. The van der Waals surface area contributed by atoms with Gasteiger partial charge in [0.15, 0.2) is 11.5 Å². The lowest BCUT2D eigenvalue weighted by Gasteiger charge is -2.30. The van der Waals surface area contributed by atoms with Crippen molar-refractivity contribution in [3.63, 3.8) is 0 Å². The molecule has 0 radical (unpaired) electrons. The minimum Gasteiger partial charge on any atom is -0.486 e. The number of hydrogen-bond donors (Lipinski definition) is 2. The number of benzene rings is 1. The summed E-state index contributed by atoms with van der Waals surface area (Å²) in [6, 6.07) is 5.64. The van der Waals surface area contributed by atoms with Gasteiger partial charge in [-0.2, -0.15) is 0 Å². The number of aliphatic hydroxyl groups is 1. The molecule has 0 saturated carbocycles. The third kappa shape index (κ3) is 3.44. The van der Waals surface area contributed by atoms with Gasteiger partial charge in [0.25, 0.3) is 0 Å². The Morgan fingerprint density at radius 1 is 1.20 bits per heavy atom. The molecule has 2 N–H and O–H groups in total. The van der Waals surface area contributed by atoms with Gasteiger partial charge in [-0.3, -0.25) is 0 Å². The average Bonchev–Trinajstić information content (AvgIpc) is 2.51. The van der Waals surface area contributed by atoms with Crippen LogP contribution in [0.15, 0.2) is 18.2 Å². The van der Waals surface area contributed by atoms with E-state index in [0.717, 1.165) is 29.9 Å². The van der Waals surface area contributed by atoms with Crippen LogP contribution in [-0.4, -0.2) is 30.4 Å². The van der Waals surface area contributed by atoms with Crippen LogP contribution in [0.25, 0.3) is 0 Å². The van der Waals surface area contributed by atoms with E-state index < -0.39 is 6.10 Å². The van der Waals surface area contributed by atoms with Crippen molar-refractivity contribution >= 4 is 0 Å². The number of fused-ring (bicyclic) bond motifs is 1. The molecule has 0 spiro atoms. The Morgan fingerprint density at radius 2 is 1.85 bits per heavy atom. The zero-order chi connectivity index (χ0) is 14.6. The summed E-state index contributed by atoms with van der Waals surface area (Å²) in [5.41, 5.74) is 0.936. The highest BCUT2D eigenvalue weighted by molar-refractivity contribution is 5.44. The number of β-amino-alcohol motifs (C(OH)–C–C–N with tert-alkyl or cyclic N) is 1. The first kappa shape index (κ1) is 15.1. The summed E-state index contributed by atoms with van der Waals surface area (Å²) in [6.07, 6.45) is 1.54. The molecule has 4 nitrogen and oxygen atoms in total. The summed E-state index contributed by atoms with van der Waals surface area (Å²) in [4.78, 5) is 0. The number of aliphatic hydroxyl groups excluding tert-OH is 1. The van der Waals surface area contributed by atoms with Crippen LogP contribution in [0.1, 0.15) is 45.3 Å². The Labute approximate surface area is 121 Å². The molecular formula is C16H25NO3. The predicted octanol–water partition coefficient (Wildman–Crippen LogP) is 2.66. The van der Waals surface area contributed by atoms with E-state index in [2.05, 4.69) is 26.1 Å². The lowest BCUT2D eigenvalue weighted by Crippen LogP contribution is -2.43. The van der Waals surface area contributed by atoms with Gasteiger partial charge in [-0.1, -0.05) is 19.9 Å². The number of rotatable bonds is 6. The van der Waals surface area contributed by atoms with Gasteiger partial charge in [-0.05, 0) is 37.5 Å². The molecule has 1 aliphatic heterocycles. The summed E-state index contributed by atoms with van der Waals surface area (Å²) in [7, 11) is 0.